The van der Waals surface area contributed by atoms with Gasteiger partial charge in [0.2, 0.25) is 0 Å². The van der Waals surface area contributed by atoms with Gasteiger partial charge in [-0.25, -0.2) is 4.79 Å². The molecule has 0 radical (unpaired) electrons. The van der Waals surface area contributed by atoms with E-state index >= 15 is 0 Å². The van der Waals surface area contributed by atoms with Gasteiger partial charge in [0.15, 0.2) is 0 Å². The highest BCUT2D eigenvalue weighted by Crippen LogP contribution is 2.54. The first kappa shape index (κ1) is 15.9. The van der Waals surface area contributed by atoms with Crippen LogP contribution >= 0.6 is 0 Å². The highest BCUT2D eigenvalue weighted by molar-refractivity contribution is 5.66. The second kappa shape index (κ2) is 5.28. The summed E-state index contributed by atoms with van der Waals surface area (Å²) in [6.07, 6.45) is 3.61. The highest BCUT2D eigenvalue weighted by Gasteiger charge is 2.62. The first-order valence-electron chi connectivity index (χ1n) is 8.04. The minimum Gasteiger partial charge on any atom is -0.495 e. The van der Waals surface area contributed by atoms with Crippen LogP contribution in [0.4, 0.5) is 10.5 Å². The zero-order valence-electron chi connectivity index (χ0n) is 14.2. The molecule has 0 bridgehead atoms. The fourth-order valence-electron chi connectivity index (χ4n) is 4.29. The summed E-state index contributed by atoms with van der Waals surface area (Å²) in [5.74, 6) is 1.23. The molecule has 1 amide bonds. The lowest BCUT2D eigenvalue weighted by molar-refractivity contribution is -0.0311. The Morgan fingerprint density at radius 3 is 2.78 bits per heavy atom. The lowest BCUT2D eigenvalue weighted by atomic mass is 9.57. The van der Waals surface area contributed by atoms with Crippen LogP contribution < -0.4 is 9.64 Å². The van der Waals surface area contributed by atoms with Gasteiger partial charge in [-0.3, -0.25) is 4.98 Å². The number of ether oxygens (including phenoxy) is 1. The van der Waals surface area contributed by atoms with E-state index in [9.17, 15) is 9.90 Å². The summed E-state index contributed by atoms with van der Waals surface area (Å²) < 4.78 is 5.29. The summed E-state index contributed by atoms with van der Waals surface area (Å²) in [6, 6.07) is 1.98. The molecule has 1 aromatic heterocycles. The van der Waals surface area contributed by atoms with E-state index in [1.807, 2.05) is 12.3 Å². The lowest BCUT2D eigenvalue weighted by Gasteiger charge is -2.68. The van der Waals surface area contributed by atoms with Crippen molar-refractivity contribution in [2.24, 2.45) is 11.3 Å². The van der Waals surface area contributed by atoms with Gasteiger partial charge in [-0.15, -0.1) is 0 Å². The molecule has 3 heterocycles. The Balaban J connectivity index is 1.99. The number of rotatable bonds is 2. The van der Waals surface area contributed by atoms with Crippen LogP contribution in [0.2, 0.25) is 0 Å². The number of carbonyl (C=O) groups is 1. The largest absolute Gasteiger partial charge is 0.495 e. The molecule has 6 heteroatoms. The molecule has 2 saturated heterocycles. The van der Waals surface area contributed by atoms with Crippen molar-refractivity contribution in [3.8, 4) is 5.75 Å². The molecule has 0 aliphatic carbocycles. The Morgan fingerprint density at radius 1 is 1.43 bits per heavy atom. The van der Waals surface area contributed by atoms with E-state index < -0.39 is 6.09 Å². The number of aromatic nitrogens is 1. The SMILES string of the molecule is COc1cncc(N2C[C@H]3CCN(C(=O)O)C[C@@]32C(C)(C)C)c1. The van der Waals surface area contributed by atoms with Crippen LogP contribution in [0.15, 0.2) is 18.5 Å². The molecule has 0 unspecified atom stereocenters. The van der Waals surface area contributed by atoms with Crippen molar-refractivity contribution in [1.82, 2.24) is 9.88 Å². The molecule has 6 nitrogen and oxygen atoms in total. The highest BCUT2D eigenvalue weighted by atomic mass is 16.5. The van der Waals surface area contributed by atoms with Gasteiger partial charge >= 0.3 is 6.09 Å². The fraction of sp³-hybridized carbons (Fsp3) is 0.647. The van der Waals surface area contributed by atoms with Crippen LogP contribution in [-0.2, 0) is 0 Å². The van der Waals surface area contributed by atoms with Crippen molar-refractivity contribution in [2.45, 2.75) is 32.7 Å². The Hall–Kier alpha value is -1.98. The smallest absolute Gasteiger partial charge is 0.407 e. The zero-order chi connectivity index (χ0) is 16.8. The maximum Gasteiger partial charge on any atom is 0.407 e. The van der Waals surface area contributed by atoms with Gasteiger partial charge in [0, 0.05) is 31.6 Å². The van der Waals surface area contributed by atoms with Crippen molar-refractivity contribution in [1.29, 1.82) is 0 Å². The fourth-order valence-corrected chi connectivity index (χ4v) is 4.29. The van der Waals surface area contributed by atoms with Gasteiger partial charge in [0.1, 0.15) is 5.75 Å². The number of hydrogen-bond donors (Lipinski definition) is 1. The quantitative estimate of drug-likeness (QED) is 0.908. The molecule has 0 saturated carbocycles. The van der Waals surface area contributed by atoms with E-state index in [-0.39, 0.29) is 11.0 Å². The number of piperidine rings is 1. The summed E-state index contributed by atoms with van der Waals surface area (Å²) in [5.41, 5.74) is 0.757. The third kappa shape index (κ3) is 2.31. The van der Waals surface area contributed by atoms with Crippen molar-refractivity contribution >= 4 is 11.8 Å². The van der Waals surface area contributed by atoms with Gasteiger partial charge in [0.05, 0.1) is 30.7 Å². The molecule has 23 heavy (non-hydrogen) atoms. The maximum atomic E-state index is 11.5. The first-order chi connectivity index (χ1) is 10.8. The summed E-state index contributed by atoms with van der Waals surface area (Å²) in [6.45, 7) is 8.71. The molecule has 0 aromatic carbocycles. The van der Waals surface area contributed by atoms with Crippen molar-refractivity contribution in [3.05, 3.63) is 18.5 Å². The molecule has 2 aliphatic rings. The molecule has 2 aliphatic heterocycles. The van der Waals surface area contributed by atoms with Crippen LogP contribution in [0, 0.1) is 11.3 Å². The maximum absolute atomic E-state index is 11.5. The summed E-state index contributed by atoms with van der Waals surface area (Å²) in [7, 11) is 1.63. The number of anilines is 1. The first-order valence-corrected chi connectivity index (χ1v) is 8.04. The molecule has 0 spiro atoms. The van der Waals surface area contributed by atoms with Crippen LogP contribution in [0.25, 0.3) is 0 Å². The van der Waals surface area contributed by atoms with E-state index in [0.29, 0.717) is 19.0 Å². The predicted molar refractivity (Wildman–Crippen MR) is 88.0 cm³/mol. The summed E-state index contributed by atoms with van der Waals surface area (Å²) >= 11 is 0. The van der Waals surface area contributed by atoms with Gasteiger partial charge in [-0.2, -0.15) is 0 Å². The average Bonchev–Trinajstić information content (AvgIpc) is 2.47. The number of hydrogen-bond acceptors (Lipinski definition) is 4. The molecular weight excluding hydrogens is 294 g/mol. The number of fused-ring (bicyclic) bond motifs is 1. The Labute approximate surface area is 137 Å². The Kier molecular flexibility index (Phi) is 3.65. The van der Waals surface area contributed by atoms with Crippen molar-refractivity contribution < 1.29 is 14.6 Å². The molecule has 1 aromatic rings. The van der Waals surface area contributed by atoms with E-state index in [0.717, 1.165) is 24.4 Å². The van der Waals surface area contributed by atoms with Crippen LogP contribution in [0.5, 0.6) is 5.75 Å². The molecule has 3 rings (SSSR count). The minimum absolute atomic E-state index is 0.0485. The van der Waals surface area contributed by atoms with Crippen LogP contribution in [0.3, 0.4) is 0 Å². The normalized spacial score (nSPS) is 27.2. The van der Waals surface area contributed by atoms with Gasteiger partial charge < -0.3 is 19.6 Å². The molecule has 2 fully saturated rings. The van der Waals surface area contributed by atoms with Crippen molar-refractivity contribution in [3.63, 3.8) is 0 Å². The number of likely N-dealkylation sites (tertiary alicyclic amines) is 1. The number of pyridine rings is 1. The van der Waals surface area contributed by atoms with E-state index in [1.165, 1.54) is 0 Å². The van der Waals surface area contributed by atoms with E-state index in [2.05, 4.69) is 30.7 Å². The predicted octanol–water partition coefficient (Wildman–Crippen LogP) is 2.70. The standard InChI is InChI=1S/C17H25N3O3/c1-16(2,3)17-11-19(15(21)22)6-5-12(17)10-20(17)13-7-14(23-4)9-18-8-13/h7-9,12H,5-6,10-11H2,1-4H3,(H,21,22)/t12-,17+/m1/s1. The second-order valence-electron chi connectivity index (χ2n) is 7.56. The summed E-state index contributed by atoms with van der Waals surface area (Å²) in [5, 5.41) is 9.46. The minimum atomic E-state index is -0.831. The van der Waals surface area contributed by atoms with Crippen LogP contribution in [-0.4, -0.2) is 53.4 Å². The lowest BCUT2D eigenvalue weighted by Crippen LogP contribution is -2.79. The zero-order valence-corrected chi connectivity index (χ0v) is 14.2. The van der Waals surface area contributed by atoms with Crippen molar-refractivity contribution in [2.75, 3.05) is 31.6 Å². The monoisotopic (exact) mass is 319 g/mol. The number of nitrogens with zero attached hydrogens (tertiary/aromatic N) is 3. The van der Waals surface area contributed by atoms with E-state index in [4.69, 9.17) is 4.74 Å². The Bertz CT molecular complexity index is 613. The van der Waals surface area contributed by atoms with Crippen LogP contribution in [0.1, 0.15) is 27.2 Å². The number of methoxy groups -OCH3 is 1. The molecule has 2 atom stereocenters. The average molecular weight is 319 g/mol. The Morgan fingerprint density at radius 2 is 2.17 bits per heavy atom. The second-order valence-corrected chi connectivity index (χ2v) is 7.56. The van der Waals surface area contributed by atoms with E-state index in [1.54, 1.807) is 18.2 Å². The topological polar surface area (TPSA) is 65.9 Å². The third-order valence-electron chi connectivity index (χ3n) is 5.55. The van der Waals surface area contributed by atoms with Gasteiger partial charge in [0.25, 0.3) is 0 Å². The number of amides is 1. The summed E-state index contributed by atoms with van der Waals surface area (Å²) in [4.78, 5) is 19.7. The number of carboxylic acid groups (broad SMARTS) is 1. The third-order valence-corrected chi connectivity index (χ3v) is 5.55. The molecule has 1 N–H and O–H groups in total. The van der Waals surface area contributed by atoms with Gasteiger partial charge in [-0.1, -0.05) is 20.8 Å². The molecular formula is C17H25N3O3. The van der Waals surface area contributed by atoms with Gasteiger partial charge in [-0.05, 0) is 11.8 Å². The molecule has 126 valence electrons.